The quantitative estimate of drug-likeness (QED) is 0.508. The van der Waals surface area contributed by atoms with E-state index in [-0.39, 0.29) is 10.9 Å². The van der Waals surface area contributed by atoms with Crippen LogP contribution in [0.2, 0.25) is 5.02 Å². The van der Waals surface area contributed by atoms with Crippen molar-refractivity contribution in [1.82, 2.24) is 0 Å². The van der Waals surface area contributed by atoms with E-state index in [1.165, 1.54) is 12.2 Å². The minimum atomic E-state index is -0.182. The van der Waals surface area contributed by atoms with Crippen LogP contribution in [-0.4, -0.2) is 16.5 Å². The van der Waals surface area contributed by atoms with E-state index < -0.39 is 0 Å². The maximum atomic E-state index is 11.0. The van der Waals surface area contributed by atoms with Crippen molar-refractivity contribution < 1.29 is 9.90 Å². The van der Waals surface area contributed by atoms with Crippen LogP contribution in [0.1, 0.15) is 5.56 Å². The fraction of sp³-hybridized carbons (Fsp3) is 0.0833. The van der Waals surface area contributed by atoms with Crippen molar-refractivity contribution in [1.29, 1.82) is 0 Å². The first-order chi connectivity index (χ1) is 7.61. The zero-order valence-electron chi connectivity index (χ0n) is 8.68. The number of carbonyl (C=O) groups is 1. The summed E-state index contributed by atoms with van der Waals surface area (Å²) in [5.41, 5.74) is 0.904. The van der Waals surface area contributed by atoms with E-state index in [0.717, 1.165) is 17.3 Å². The number of hydrogen-bond donors (Lipinski definition) is 1. The Morgan fingerprint density at radius 2 is 2.00 bits per heavy atom. The van der Waals surface area contributed by atoms with Gasteiger partial charge in [-0.3, -0.25) is 4.79 Å². The van der Waals surface area contributed by atoms with Crippen LogP contribution in [0, 0.1) is 0 Å². The molecule has 0 fully saturated rings. The van der Waals surface area contributed by atoms with Crippen LogP contribution in [-0.2, 0) is 4.79 Å². The van der Waals surface area contributed by atoms with Gasteiger partial charge >= 0.3 is 0 Å². The highest BCUT2D eigenvalue weighted by molar-refractivity contribution is 8.13. The predicted octanol–water partition coefficient (Wildman–Crippen LogP) is 3.68. The summed E-state index contributed by atoms with van der Waals surface area (Å²) in [5, 5.41) is 9.86. The lowest BCUT2D eigenvalue weighted by Gasteiger charge is -1.94. The standard InChI is InChI=1S/C12H11ClO2S/c1-16-12(15)8-11(14)7-4-9-2-5-10(13)6-3-9/h2-8,14H,1H3. The summed E-state index contributed by atoms with van der Waals surface area (Å²) in [4.78, 5) is 11.0. The molecule has 2 nitrogen and oxygen atoms in total. The first-order valence-electron chi connectivity index (χ1n) is 4.54. The van der Waals surface area contributed by atoms with E-state index in [2.05, 4.69) is 0 Å². The summed E-state index contributed by atoms with van der Waals surface area (Å²) in [5.74, 6) is -0.0608. The van der Waals surface area contributed by atoms with Gasteiger partial charge < -0.3 is 5.11 Å². The highest BCUT2D eigenvalue weighted by Crippen LogP contribution is 2.11. The molecule has 1 rings (SSSR count). The molecular formula is C12H11ClO2S. The Hall–Kier alpha value is -1.19. The lowest BCUT2D eigenvalue weighted by atomic mass is 10.2. The van der Waals surface area contributed by atoms with Gasteiger partial charge in [-0.1, -0.05) is 41.6 Å². The lowest BCUT2D eigenvalue weighted by molar-refractivity contribution is -0.107. The van der Waals surface area contributed by atoms with Crippen LogP contribution in [0.5, 0.6) is 0 Å². The molecule has 0 unspecified atom stereocenters. The first kappa shape index (κ1) is 12.9. The van der Waals surface area contributed by atoms with Gasteiger partial charge in [0.25, 0.3) is 0 Å². The highest BCUT2D eigenvalue weighted by Gasteiger charge is 1.95. The van der Waals surface area contributed by atoms with Crippen LogP contribution in [0.15, 0.2) is 42.2 Å². The fourth-order valence-electron chi connectivity index (χ4n) is 0.983. The normalized spacial score (nSPS) is 12.0. The molecule has 0 heterocycles. The van der Waals surface area contributed by atoms with Gasteiger partial charge in [0.05, 0.1) is 0 Å². The molecule has 0 saturated heterocycles. The van der Waals surface area contributed by atoms with Crippen molar-refractivity contribution in [3.8, 4) is 0 Å². The molecule has 0 aromatic heterocycles. The van der Waals surface area contributed by atoms with Gasteiger partial charge in [0.15, 0.2) is 0 Å². The molecule has 0 atom stereocenters. The molecular weight excluding hydrogens is 244 g/mol. The molecule has 0 amide bonds. The molecule has 1 aromatic carbocycles. The van der Waals surface area contributed by atoms with E-state index in [9.17, 15) is 9.90 Å². The maximum Gasteiger partial charge on any atom is 0.215 e. The molecule has 0 spiro atoms. The van der Waals surface area contributed by atoms with Crippen molar-refractivity contribution in [2.24, 2.45) is 0 Å². The number of aliphatic hydroxyl groups excluding tert-OH is 1. The molecule has 1 aromatic rings. The van der Waals surface area contributed by atoms with Gasteiger partial charge in [-0.25, -0.2) is 0 Å². The van der Waals surface area contributed by atoms with Crippen LogP contribution >= 0.6 is 23.4 Å². The Morgan fingerprint density at radius 3 is 2.56 bits per heavy atom. The zero-order chi connectivity index (χ0) is 12.0. The molecule has 0 bridgehead atoms. The molecule has 0 aliphatic rings. The van der Waals surface area contributed by atoms with Gasteiger partial charge in [0, 0.05) is 11.1 Å². The molecule has 0 aliphatic carbocycles. The second kappa shape index (κ2) is 6.40. The molecule has 84 valence electrons. The van der Waals surface area contributed by atoms with Crippen molar-refractivity contribution in [3.05, 3.63) is 52.8 Å². The largest absolute Gasteiger partial charge is 0.508 e. The predicted molar refractivity (Wildman–Crippen MR) is 69.7 cm³/mol. The molecule has 0 radical (unpaired) electrons. The average Bonchev–Trinajstić information content (AvgIpc) is 2.28. The number of halogens is 1. The number of rotatable bonds is 3. The van der Waals surface area contributed by atoms with Crippen molar-refractivity contribution in [3.63, 3.8) is 0 Å². The minimum absolute atomic E-state index is 0.0608. The number of aliphatic hydroxyl groups is 1. The summed E-state index contributed by atoms with van der Waals surface area (Å²) in [6.45, 7) is 0. The molecule has 16 heavy (non-hydrogen) atoms. The van der Waals surface area contributed by atoms with E-state index >= 15 is 0 Å². The number of thioether (sulfide) groups is 1. The minimum Gasteiger partial charge on any atom is -0.508 e. The summed E-state index contributed by atoms with van der Waals surface area (Å²) in [6, 6.07) is 7.16. The highest BCUT2D eigenvalue weighted by atomic mass is 35.5. The number of benzene rings is 1. The van der Waals surface area contributed by atoms with Gasteiger partial charge in [-0.2, -0.15) is 0 Å². The maximum absolute atomic E-state index is 11.0. The zero-order valence-corrected chi connectivity index (χ0v) is 10.3. The molecule has 4 heteroatoms. The Labute approximate surface area is 104 Å². The number of carbonyl (C=O) groups excluding carboxylic acids is 1. The third kappa shape index (κ3) is 4.55. The molecule has 1 N–H and O–H groups in total. The topological polar surface area (TPSA) is 37.3 Å². The third-order valence-electron chi connectivity index (χ3n) is 1.78. The molecule has 0 aliphatic heterocycles. The van der Waals surface area contributed by atoms with Gasteiger partial charge in [0.1, 0.15) is 5.76 Å². The van der Waals surface area contributed by atoms with Crippen molar-refractivity contribution in [2.75, 3.05) is 6.26 Å². The van der Waals surface area contributed by atoms with Gasteiger partial charge in [-0.15, -0.1) is 0 Å². The van der Waals surface area contributed by atoms with Crippen molar-refractivity contribution >= 4 is 34.6 Å². The lowest BCUT2D eigenvalue weighted by Crippen LogP contribution is -1.85. The van der Waals surface area contributed by atoms with E-state index in [0.29, 0.717) is 5.02 Å². The number of allylic oxidation sites excluding steroid dienone is 1. The van der Waals surface area contributed by atoms with Crippen molar-refractivity contribution in [2.45, 2.75) is 0 Å². The first-order valence-corrected chi connectivity index (χ1v) is 6.14. The third-order valence-corrected chi connectivity index (χ3v) is 2.56. The van der Waals surface area contributed by atoms with Crippen LogP contribution < -0.4 is 0 Å². The van der Waals surface area contributed by atoms with Crippen LogP contribution in [0.3, 0.4) is 0 Å². The van der Waals surface area contributed by atoms with Crippen LogP contribution in [0.25, 0.3) is 6.08 Å². The van der Waals surface area contributed by atoms with E-state index in [1.54, 1.807) is 24.5 Å². The second-order valence-corrected chi connectivity index (χ2v) is 4.22. The second-order valence-electron chi connectivity index (χ2n) is 2.98. The summed E-state index contributed by atoms with van der Waals surface area (Å²) in [7, 11) is 0. The smallest absolute Gasteiger partial charge is 0.215 e. The fourth-order valence-corrected chi connectivity index (χ4v) is 1.35. The van der Waals surface area contributed by atoms with Gasteiger partial charge in [-0.05, 0) is 30.0 Å². The average molecular weight is 255 g/mol. The Morgan fingerprint density at radius 1 is 1.38 bits per heavy atom. The summed E-state index contributed by atoms with van der Waals surface area (Å²) in [6.07, 6.45) is 6.01. The van der Waals surface area contributed by atoms with E-state index in [4.69, 9.17) is 11.6 Å². The number of hydrogen-bond acceptors (Lipinski definition) is 3. The summed E-state index contributed by atoms with van der Waals surface area (Å²) < 4.78 is 0. The Bertz CT molecular complexity index is 421. The monoisotopic (exact) mass is 254 g/mol. The SMILES string of the molecule is CSC(=O)C=C(O)C=Cc1ccc(Cl)cc1. The molecule has 0 saturated carbocycles. The van der Waals surface area contributed by atoms with E-state index in [1.807, 2.05) is 12.1 Å². The Kier molecular flexibility index (Phi) is 5.15. The Balaban J connectivity index is 2.70. The van der Waals surface area contributed by atoms with Crippen LogP contribution in [0.4, 0.5) is 0 Å². The van der Waals surface area contributed by atoms with Gasteiger partial charge in [0.2, 0.25) is 5.12 Å². The summed E-state index contributed by atoms with van der Waals surface area (Å²) >= 11 is 6.78.